The number of hydrogen-bond donors (Lipinski definition) is 1. The lowest BCUT2D eigenvalue weighted by Gasteiger charge is -2.31. The van der Waals surface area contributed by atoms with Crippen molar-refractivity contribution in [2.45, 2.75) is 18.9 Å². The molecule has 1 fully saturated rings. The van der Waals surface area contributed by atoms with Crippen molar-refractivity contribution in [2.24, 2.45) is 5.73 Å². The Bertz CT molecular complexity index is 422. The zero-order valence-corrected chi connectivity index (χ0v) is 11.3. The predicted molar refractivity (Wildman–Crippen MR) is 71.8 cm³/mol. The number of nitrogens with two attached hydrogens (primary N) is 1. The van der Waals surface area contributed by atoms with Crippen molar-refractivity contribution in [1.82, 2.24) is 4.90 Å². The number of nitrogens with zero attached hydrogens (tertiary/aromatic N) is 1. The molecular weight excluding hydrogens is 278 g/mol. The van der Waals surface area contributed by atoms with Crippen molar-refractivity contribution >= 4 is 29.9 Å². The number of benzene rings is 1. The molecule has 0 unspecified atom stereocenters. The Morgan fingerprint density at radius 1 is 1.50 bits per heavy atom. The lowest BCUT2D eigenvalue weighted by atomic mass is 10.1. The molecule has 1 aliphatic heterocycles. The van der Waals surface area contributed by atoms with E-state index in [-0.39, 0.29) is 34.9 Å². The van der Waals surface area contributed by atoms with Crippen LogP contribution in [0.3, 0.4) is 0 Å². The van der Waals surface area contributed by atoms with Crippen LogP contribution in [0.5, 0.6) is 0 Å². The largest absolute Gasteiger partial charge is 0.337 e. The van der Waals surface area contributed by atoms with Crippen LogP contribution < -0.4 is 5.73 Å². The van der Waals surface area contributed by atoms with E-state index in [9.17, 15) is 9.18 Å². The fourth-order valence-electron chi connectivity index (χ4n) is 2.05. The van der Waals surface area contributed by atoms with E-state index in [1.807, 2.05) is 0 Å². The highest BCUT2D eigenvalue weighted by Gasteiger charge is 2.25. The number of likely N-dealkylation sites (tertiary alicyclic amines) is 1. The standard InChI is InChI=1S/C12H14ClFN2O.ClH/c13-9-4-1-5-10(14)11(9)12(17)16-6-2-3-8(15)7-16;/h1,4-5,8H,2-3,6-7,15H2;1H/t8-;/m0./s1. The molecule has 1 heterocycles. The van der Waals surface area contributed by atoms with E-state index in [1.165, 1.54) is 18.2 Å². The number of carbonyl (C=O) groups is 1. The van der Waals surface area contributed by atoms with Crippen LogP contribution in [0.2, 0.25) is 5.02 Å². The first-order chi connectivity index (χ1) is 8.09. The van der Waals surface area contributed by atoms with Gasteiger partial charge < -0.3 is 10.6 Å². The third-order valence-corrected chi connectivity index (χ3v) is 3.24. The Hall–Kier alpha value is -0.840. The molecule has 2 N–H and O–H groups in total. The number of rotatable bonds is 1. The Morgan fingerprint density at radius 3 is 2.83 bits per heavy atom. The van der Waals surface area contributed by atoms with Crippen LogP contribution in [-0.4, -0.2) is 29.9 Å². The van der Waals surface area contributed by atoms with Gasteiger partial charge in [0.2, 0.25) is 0 Å². The molecule has 1 saturated heterocycles. The highest BCUT2D eigenvalue weighted by molar-refractivity contribution is 6.33. The number of carbonyl (C=O) groups excluding carboxylic acids is 1. The summed E-state index contributed by atoms with van der Waals surface area (Å²) < 4.78 is 13.6. The number of piperidine rings is 1. The summed E-state index contributed by atoms with van der Waals surface area (Å²) >= 11 is 5.86. The number of amides is 1. The van der Waals surface area contributed by atoms with E-state index in [2.05, 4.69) is 0 Å². The van der Waals surface area contributed by atoms with Gasteiger partial charge in [-0.15, -0.1) is 12.4 Å². The van der Waals surface area contributed by atoms with Crippen molar-refractivity contribution in [3.8, 4) is 0 Å². The van der Waals surface area contributed by atoms with Gasteiger partial charge in [-0.1, -0.05) is 17.7 Å². The predicted octanol–water partition coefficient (Wildman–Crippen LogP) is 2.46. The van der Waals surface area contributed by atoms with Gasteiger partial charge in [0, 0.05) is 19.1 Å². The summed E-state index contributed by atoms with van der Waals surface area (Å²) in [5.74, 6) is -0.954. The number of hydrogen-bond acceptors (Lipinski definition) is 2. The molecule has 1 aromatic carbocycles. The molecule has 0 bridgehead atoms. The second-order valence-corrected chi connectivity index (χ2v) is 4.66. The van der Waals surface area contributed by atoms with Crippen LogP contribution in [0.1, 0.15) is 23.2 Å². The first-order valence-corrected chi connectivity index (χ1v) is 5.96. The van der Waals surface area contributed by atoms with Crippen LogP contribution in [-0.2, 0) is 0 Å². The summed E-state index contributed by atoms with van der Waals surface area (Å²) in [7, 11) is 0. The van der Waals surface area contributed by atoms with Crippen molar-refractivity contribution in [1.29, 1.82) is 0 Å². The van der Waals surface area contributed by atoms with E-state index >= 15 is 0 Å². The summed E-state index contributed by atoms with van der Waals surface area (Å²) in [4.78, 5) is 13.7. The zero-order valence-electron chi connectivity index (χ0n) is 9.73. The quantitative estimate of drug-likeness (QED) is 0.864. The topological polar surface area (TPSA) is 46.3 Å². The van der Waals surface area contributed by atoms with Gasteiger partial charge >= 0.3 is 0 Å². The summed E-state index contributed by atoms with van der Waals surface area (Å²) in [5.41, 5.74) is 5.74. The van der Waals surface area contributed by atoms with E-state index in [4.69, 9.17) is 17.3 Å². The molecule has 0 spiro atoms. The van der Waals surface area contributed by atoms with Gasteiger partial charge in [0.15, 0.2) is 0 Å². The minimum absolute atomic E-state index is 0. The lowest BCUT2D eigenvalue weighted by Crippen LogP contribution is -2.46. The minimum atomic E-state index is -0.582. The Balaban J connectivity index is 0.00000162. The summed E-state index contributed by atoms with van der Waals surface area (Å²) in [6.07, 6.45) is 1.74. The van der Waals surface area contributed by atoms with Crippen LogP contribution in [0.15, 0.2) is 18.2 Å². The molecule has 1 amide bonds. The molecular formula is C12H15Cl2FN2O. The van der Waals surface area contributed by atoms with Gasteiger partial charge in [-0.3, -0.25) is 4.79 Å². The van der Waals surface area contributed by atoms with Gasteiger partial charge in [-0.25, -0.2) is 4.39 Å². The molecule has 18 heavy (non-hydrogen) atoms. The molecule has 0 aliphatic carbocycles. The van der Waals surface area contributed by atoms with Crippen LogP contribution in [0.4, 0.5) is 4.39 Å². The lowest BCUT2D eigenvalue weighted by molar-refractivity contribution is 0.0704. The van der Waals surface area contributed by atoms with Crippen molar-refractivity contribution in [3.63, 3.8) is 0 Å². The summed E-state index contributed by atoms with van der Waals surface area (Å²) in [5, 5.41) is 0.147. The first-order valence-electron chi connectivity index (χ1n) is 5.58. The average molecular weight is 293 g/mol. The molecule has 0 saturated carbocycles. The van der Waals surface area contributed by atoms with Gasteiger partial charge in [-0.05, 0) is 25.0 Å². The molecule has 0 aromatic heterocycles. The molecule has 6 heteroatoms. The minimum Gasteiger partial charge on any atom is -0.337 e. The van der Waals surface area contributed by atoms with Gasteiger partial charge in [-0.2, -0.15) is 0 Å². The third kappa shape index (κ3) is 3.13. The van der Waals surface area contributed by atoms with E-state index in [1.54, 1.807) is 4.90 Å². The van der Waals surface area contributed by atoms with Crippen molar-refractivity contribution in [2.75, 3.05) is 13.1 Å². The maximum absolute atomic E-state index is 13.6. The number of halogens is 3. The first kappa shape index (κ1) is 15.2. The monoisotopic (exact) mass is 292 g/mol. The third-order valence-electron chi connectivity index (χ3n) is 2.92. The average Bonchev–Trinajstić information content (AvgIpc) is 2.28. The Morgan fingerprint density at radius 2 is 2.22 bits per heavy atom. The normalized spacial score (nSPS) is 19.3. The highest BCUT2D eigenvalue weighted by atomic mass is 35.5. The van der Waals surface area contributed by atoms with Crippen LogP contribution in [0, 0.1) is 5.82 Å². The molecule has 3 nitrogen and oxygen atoms in total. The van der Waals surface area contributed by atoms with Gasteiger partial charge in [0.25, 0.3) is 5.91 Å². The van der Waals surface area contributed by atoms with E-state index in [0.29, 0.717) is 13.1 Å². The Labute approximate surface area is 116 Å². The van der Waals surface area contributed by atoms with Crippen molar-refractivity contribution in [3.05, 3.63) is 34.6 Å². The fraction of sp³-hybridized carbons (Fsp3) is 0.417. The maximum Gasteiger partial charge on any atom is 0.258 e. The highest BCUT2D eigenvalue weighted by Crippen LogP contribution is 2.22. The molecule has 1 atom stereocenters. The zero-order chi connectivity index (χ0) is 12.4. The van der Waals surface area contributed by atoms with Gasteiger partial charge in [0.1, 0.15) is 5.82 Å². The van der Waals surface area contributed by atoms with Crippen LogP contribution in [0.25, 0.3) is 0 Å². The van der Waals surface area contributed by atoms with Gasteiger partial charge in [0.05, 0.1) is 10.6 Å². The SMILES string of the molecule is Cl.N[C@H]1CCCN(C(=O)c2c(F)cccc2Cl)C1. The second-order valence-electron chi connectivity index (χ2n) is 4.25. The van der Waals surface area contributed by atoms with Crippen LogP contribution >= 0.6 is 24.0 Å². The maximum atomic E-state index is 13.6. The molecule has 100 valence electrons. The van der Waals surface area contributed by atoms with E-state index in [0.717, 1.165) is 12.8 Å². The molecule has 2 rings (SSSR count). The summed E-state index contributed by atoms with van der Waals surface area (Å²) in [6, 6.07) is 4.21. The smallest absolute Gasteiger partial charge is 0.258 e. The second kappa shape index (κ2) is 6.36. The van der Waals surface area contributed by atoms with Crippen molar-refractivity contribution < 1.29 is 9.18 Å². The molecule has 1 aliphatic rings. The fourth-order valence-corrected chi connectivity index (χ4v) is 2.30. The molecule has 0 radical (unpaired) electrons. The summed E-state index contributed by atoms with van der Waals surface area (Å²) in [6.45, 7) is 1.07. The molecule has 1 aromatic rings. The van der Waals surface area contributed by atoms with E-state index < -0.39 is 5.82 Å². The Kier molecular flexibility index (Phi) is 5.38.